The molecule has 0 unspecified atom stereocenters. The summed E-state index contributed by atoms with van der Waals surface area (Å²) >= 11 is 0. The van der Waals surface area contributed by atoms with Gasteiger partial charge < -0.3 is 4.74 Å². The van der Waals surface area contributed by atoms with Crippen LogP contribution in [-0.4, -0.2) is 32.9 Å². The molecule has 2 heterocycles. The summed E-state index contributed by atoms with van der Waals surface area (Å²) in [6.07, 6.45) is 3.15. The Morgan fingerprint density at radius 1 is 1.25 bits per heavy atom. The first-order valence-corrected chi connectivity index (χ1v) is 7.68. The van der Waals surface area contributed by atoms with Crippen molar-refractivity contribution in [2.45, 2.75) is 20.3 Å². The van der Waals surface area contributed by atoms with Gasteiger partial charge in [-0.1, -0.05) is 12.1 Å². The fraction of sp³-hybridized carbons (Fsp3) is 0.222. The Labute approximate surface area is 139 Å². The molecular weight excluding hydrogens is 306 g/mol. The Balaban J connectivity index is 1.97. The number of pyridine rings is 1. The van der Waals surface area contributed by atoms with Crippen LogP contribution in [0.2, 0.25) is 0 Å². The fourth-order valence-corrected chi connectivity index (χ4v) is 2.64. The highest BCUT2D eigenvalue weighted by atomic mass is 16.5. The molecule has 1 aromatic carbocycles. The summed E-state index contributed by atoms with van der Waals surface area (Å²) in [5.74, 6) is 0.0234. The molecule has 0 N–H and O–H groups in total. The van der Waals surface area contributed by atoms with Crippen LogP contribution in [0.3, 0.4) is 0 Å². The molecule has 0 saturated carbocycles. The number of hydrogen-bond acceptors (Lipinski definition) is 5. The maximum atomic E-state index is 12.3. The molecular formula is C18H17N3O3. The number of carbonyl (C=O) groups is 2. The first kappa shape index (κ1) is 15.9. The summed E-state index contributed by atoms with van der Waals surface area (Å²) in [5, 5.41) is 0. The van der Waals surface area contributed by atoms with Crippen molar-refractivity contribution in [2.75, 3.05) is 6.61 Å². The Kier molecular flexibility index (Phi) is 4.37. The van der Waals surface area contributed by atoms with Gasteiger partial charge in [0.15, 0.2) is 5.78 Å². The number of ether oxygens (including phenoxy) is 1. The highest BCUT2D eigenvalue weighted by Crippen LogP contribution is 2.21. The highest BCUT2D eigenvalue weighted by Gasteiger charge is 2.15. The zero-order chi connectivity index (χ0) is 17.1. The number of Topliss-reactive ketones (excluding diaryl/α,β-unsaturated/α-hetero) is 1. The van der Waals surface area contributed by atoms with E-state index in [0.717, 1.165) is 22.5 Å². The minimum absolute atomic E-state index is 0.259. The molecule has 24 heavy (non-hydrogen) atoms. The van der Waals surface area contributed by atoms with E-state index in [4.69, 9.17) is 4.74 Å². The van der Waals surface area contributed by atoms with Crippen molar-refractivity contribution >= 4 is 22.8 Å². The number of hydrogen-bond donors (Lipinski definition) is 0. The van der Waals surface area contributed by atoms with E-state index in [1.165, 1.54) is 0 Å². The van der Waals surface area contributed by atoms with E-state index in [2.05, 4.69) is 9.97 Å². The summed E-state index contributed by atoms with van der Waals surface area (Å²) in [6, 6.07) is 9.02. The van der Waals surface area contributed by atoms with Crippen LogP contribution >= 0.6 is 0 Å². The van der Waals surface area contributed by atoms with Crippen molar-refractivity contribution in [3.8, 4) is 5.69 Å². The minimum Gasteiger partial charge on any atom is -0.466 e. The average molecular weight is 323 g/mol. The first-order valence-electron chi connectivity index (χ1n) is 7.68. The van der Waals surface area contributed by atoms with Crippen LogP contribution < -0.4 is 0 Å². The number of rotatable bonds is 5. The van der Waals surface area contributed by atoms with Gasteiger partial charge in [0.1, 0.15) is 17.8 Å². The van der Waals surface area contributed by atoms with Gasteiger partial charge >= 0.3 is 5.97 Å². The van der Waals surface area contributed by atoms with Gasteiger partial charge in [0.2, 0.25) is 0 Å². The van der Waals surface area contributed by atoms with Gasteiger partial charge in [-0.15, -0.1) is 0 Å². The van der Waals surface area contributed by atoms with Gasteiger partial charge in [0, 0.05) is 17.4 Å². The van der Waals surface area contributed by atoms with E-state index >= 15 is 0 Å². The third kappa shape index (κ3) is 3.03. The fourth-order valence-electron chi connectivity index (χ4n) is 2.64. The Morgan fingerprint density at radius 3 is 2.88 bits per heavy atom. The molecule has 3 rings (SSSR count). The van der Waals surface area contributed by atoms with E-state index < -0.39 is 5.97 Å². The van der Waals surface area contributed by atoms with Crippen molar-refractivity contribution < 1.29 is 14.3 Å². The lowest BCUT2D eigenvalue weighted by Gasteiger charge is -2.09. The third-order valence-electron chi connectivity index (χ3n) is 3.66. The van der Waals surface area contributed by atoms with E-state index in [1.54, 1.807) is 37.5 Å². The number of ketones is 1. The molecule has 0 amide bonds. The van der Waals surface area contributed by atoms with Gasteiger partial charge in [-0.25, -0.2) is 4.98 Å². The van der Waals surface area contributed by atoms with Gasteiger partial charge in [-0.2, -0.15) is 0 Å². The largest absolute Gasteiger partial charge is 0.466 e. The predicted octanol–water partition coefficient (Wildman–Crippen LogP) is 2.86. The number of benzene rings is 1. The predicted molar refractivity (Wildman–Crippen MR) is 89.2 cm³/mol. The van der Waals surface area contributed by atoms with E-state index in [0.29, 0.717) is 5.56 Å². The average Bonchev–Trinajstić information content (AvgIpc) is 2.91. The SMILES string of the molecule is CCOC(=O)CC(=O)c1cccc(-n2c(C)nc3cnccc32)c1. The lowest BCUT2D eigenvalue weighted by Crippen LogP contribution is -2.11. The van der Waals surface area contributed by atoms with Crippen LogP contribution in [0.25, 0.3) is 16.7 Å². The molecule has 6 nitrogen and oxygen atoms in total. The lowest BCUT2D eigenvalue weighted by atomic mass is 10.1. The minimum atomic E-state index is -0.511. The zero-order valence-corrected chi connectivity index (χ0v) is 13.5. The maximum absolute atomic E-state index is 12.3. The Hall–Kier alpha value is -3.02. The van der Waals surface area contributed by atoms with Crippen molar-refractivity contribution in [2.24, 2.45) is 0 Å². The molecule has 0 bridgehead atoms. The molecule has 0 saturated heterocycles. The molecule has 122 valence electrons. The molecule has 3 aromatic rings. The monoisotopic (exact) mass is 323 g/mol. The summed E-state index contributed by atoms with van der Waals surface area (Å²) in [5.41, 5.74) is 2.99. The normalized spacial score (nSPS) is 10.8. The molecule has 0 spiro atoms. The van der Waals surface area contributed by atoms with Crippen molar-refractivity contribution in [3.63, 3.8) is 0 Å². The lowest BCUT2D eigenvalue weighted by molar-refractivity contribution is -0.141. The van der Waals surface area contributed by atoms with Gasteiger partial charge in [0.05, 0.1) is 18.3 Å². The molecule has 0 atom stereocenters. The number of aryl methyl sites for hydroxylation is 1. The second-order valence-electron chi connectivity index (χ2n) is 5.31. The van der Waals surface area contributed by atoms with Crippen LogP contribution in [0.15, 0.2) is 42.7 Å². The summed E-state index contributed by atoms with van der Waals surface area (Å²) in [7, 11) is 0. The van der Waals surface area contributed by atoms with E-state index in [1.807, 2.05) is 23.6 Å². The molecule has 2 aromatic heterocycles. The first-order chi connectivity index (χ1) is 11.6. The number of carbonyl (C=O) groups excluding carboxylic acids is 2. The van der Waals surface area contributed by atoms with Crippen LogP contribution in [0.1, 0.15) is 29.5 Å². The number of nitrogens with zero attached hydrogens (tertiary/aromatic N) is 3. The molecule has 0 fully saturated rings. The molecule has 0 aliphatic heterocycles. The third-order valence-corrected chi connectivity index (χ3v) is 3.66. The highest BCUT2D eigenvalue weighted by molar-refractivity contribution is 6.06. The van der Waals surface area contributed by atoms with E-state index in [-0.39, 0.29) is 18.8 Å². The summed E-state index contributed by atoms with van der Waals surface area (Å²) in [6.45, 7) is 3.87. The molecule has 0 aliphatic rings. The van der Waals surface area contributed by atoms with Gasteiger partial charge in [-0.05, 0) is 32.0 Å². The number of aromatic nitrogens is 3. The molecule has 0 aliphatic carbocycles. The number of esters is 1. The van der Waals surface area contributed by atoms with Crippen LogP contribution in [0, 0.1) is 6.92 Å². The van der Waals surface area contributed by atoms with Crippen molar-refractivity contribution in [3.05, 3.63) is 54.1 Å². The number of imidazole rings is 1. The van der Waals surface area contributed by atoms with Crippen LogP contribution in [0.4, 0.5) is 0 Å². The second kappa shape index (κ2) is 6.62. The van der Waals surface area contributed by atoms with Gasteiger partial charge in [-0.3, -0.25) is 19.1 Å². The zero-order valence-electron chi connectivity index (χ0n) is 13.5. The smallest absolute Gasteiger partial charge is 0.313 e. The van der Waals surface area contributed by atoms with Crippen molar-refractivity contribution in [1.29, 1.82) is 0 Å². The summed E-state index contributed by atoms with van der Waals surface area (Å²) < 4.78 is 6.79. The van der Waals surface area contributed by atoms with Crippen LogP contribution in [-0.2, 0) is 9.53 Å². The standard InChI is InChI=1S/C18H17N3O3/c1-3-24-18(23)10-17(22)13-5-4-6-14(9-13)21-12(2)20-15-11-19-8-7-16(15)21/h4-9,11H,3,10H2,1-2H3. The number of fused-ring (bicyclic) bond motifs is 1. The van der Waals surface area contributed by atoms with E-state index in [9.17, 15) is 9.59 Å². The topological polar surface area (TPSA) is 74.1 Å². The molecule has 0 radical (unpaired) electrons. The quantitative estimate of drug-likeness (QED) is 0.410. The second-order valence-corrected chi connectivity index (χ2v) is 5.31. The Bertz CT molecular complexity index is 915. The summed E-state index contributed by atoms with van der Waals surface area (Å²) in [4.78, 5) is 32.3. The van der Waals surface area contributed by atoms with Crippen molar-refractivity contribution in [1.82, 2.24) is 14.5 Å². The van der Waals surface area contributed by atoms with Gasteiger partial charge in [0.25, 0.3) is 0 Å². The molecule has 6 heteroatoms. The van der Waals surface area contributed by atoms with Crippen LogP contribution in [0.5, 0.6) is 0 Å². The maximum Gasteiger partial charge on any atom is 0.313 e. The Morgan fingerprint density at radius 2 is 2.08 bits per heavy atom.